The molecule has 2 rings (SSSR count). The molecule has 0 fully saturated rings. The van der Waals surface area contributed by atoms with Crippen molar-refractivity contribution in [3.63, 3.8) is 0 Å². The Balaban J connectivity index is 2.21. The van der Waals surface area contributed by atoms with E-state index < -0.39 is 10.0 Å². The first-order valence-electron chi connectivity index (χ1n) is 5.72. The first-order chi connectivity index (χ1) is 9.04. The topological polar surface area (TPSA) is 95.1 Å². The van der Waals surface area contributed by atoms with Crippen molar-refractivity contribution in [3.8, 4) is 0 Å². The Morgan fingerprint density at radius 3 is 2.68 bits per heavy atom. The number of nitrogens with one attached hydrogen (secondary N) is 2. The fourth-order valence-electron chi connectivity index (χ4n) is 1.70. The summed E-state index contributed by atoms with van der Waals surface area (Å²) in [6, 6.07) is 6.36. The zero-order chi connectivity index (χ0) is 13.9. The maximum absolute atomic E-state index is 12.2. The second-order valence-corrected chi connectivity index (χ2v) is 5.85. The third kappa shape index (κ3) is 3.01. The third-order valence-electron chi connectivity index (χ3n) is 2.82. The lowest BCUT2D eigenvalue weighted by Gasteiger charge is -2.09. The van der Waals surface area contributed by atoms with Crippen LogP contribution in [0.1, 0.15) is 16.8 Å². The minimum absolute atomic E-state index is 0.0960. The number of hydrogen-bond acceptors (Lipinski definition) is 4. The summed E-state index contributed by atoms with van der Waals surface area (Å²) in [5, 5.41) is 15.7. The van der Waals surface area contributed by atoms with Gasteiger partial charge in [0.1, 0.15) is 0 Å². The fourth-order valence-corrected chi connectivity index (χ4v) is 2.94. The molecule has 0 unspecified atom stereocenters. The van der Waals surface area contributed by atoms with Gasteiger partial charge in [-0.05, 0) is 18.6 Å². The van der Waals surface area contributed by atoms with Crippen LogP contribution in [0.5, 0.6) is 0 Å². The van der Waals surface area contributed by atoms with Crippen molar-refractivity contribution < 1.29 is 13.5 Å². The van der Waals surface area contributed by atoms with Crippen molar-refractivity contribution in [1.82, 2.24) is 14.9 Å². The average Bonchev–Trinajstić information content (AvgIpc) is 2.82. The van der Waals surface area contributed by atoms with Gasteiger partial charge in [-0.25, -0.2) is 13.1 Å². The highest BCUT2D eigenvalue weighted by Crippen LogP contribution is 2.15. The quantitative estimate of drug-likeness (QED) is 0.751. The van der Waals surface area contributed by atoms with Crippen LogP contribution in [-0.4, -0.2) is 23.7 Å². The van der Waals surface area contributed by atoms with E-state index in [0.717, 1.165) is 11.3 Å². The molecule has 1 aromatic heterocycles. The number of aryl methyl sites for hydroxylation is 1. The molecule has 6 nitrogen and oxygen atoms in total. The van der Waals surface area contributed by atoms with Crippen molar-refractivity contribution in [3.05, 3.63) is 47.3 Å². The van der Waals surface area contributed by atoms with Crippen molar-refractivity contribution in [2.75, 3.05) is 0 Å². The molecule has 0 amide bonds. The van der Waals surface area contributed by atoms with E-state index in [2.05, 4.69) is 14.9 Å². The van der Waals surface area contributed by atoms with Gasteiger partial charge in [0.2, 0.25) is 10.0 Å². The highest BCUT2D eigenvalue weighted by Gasteiger charge is 2.17. The Labute approximate surface area is 111 Å². The highest BCUT2D eigenvalue weighted by molar-refractivity contribution is 7.89. The summed E-state index contributed by atoms with van der Waals surface area (Å²) >= 11 is 0. The summed E-state index contributed by atoms with van der Waals surface area (Å²) in [6.45, 7) is 1.66. The smallest absolute Gasteiger partial charge is 0.241 e. The monoisotopic (exact) mass is 281 g/mol. The summed E-state index contributed by atoms with van der Waals surface area (Å²) in [4.78, 5) is 0.0960. The molecule has 0 aliphatic carbocycles. The lowest BCUT2D eigenvalue weighted by atomic mass is 10.2. The van der Waals surface area contributed by atoms with Gasteiger partial charge in [0.05, 0.1) is 17.7 Å². The SMILES string of the molecule is Cc1[nH]ncc1CNS(=O)(=O)c1ccccc1CO. The highest BCUT2D eigenvalue weighted by atomic mass is 32.2. The Kier molecular flexibility index (Phi) is 3.98. The predicted molar refractivity (Wildman–Crippen MR) is 69.7 cm³/mol. The molecule has 2 aromatic rings. The Morgan fingerprint density at radius 1 is 1.32 bits per heavy atom. The van der Waals surface area contributed by atoms with Crippen LogP contribution in [0.2, 0.25) is 0 Å². The van der Waals surface area contributed by atoms with Gasteiger partial charge in [-0.3, -0.25) is 5.10 Å². The molecule has 1 heterocycles. The zero-order valence-electron chi connectivity index (χ0n) is 10.4. The maximum atomic E-state index is 12.2. The van der Waals surface area contributed by atoms with Crippen LogP contribution < -0.4 is 4.72 Å². The van der Waals surface area contributed by atoms with Crippen LogP contribution >= 0.6 is 0 Å². The van der Waals surface area contributed by atoms with Crippen molar-refractivity contribution in [2.24, 2.45) is 0 Å². The molecule has 0 saturated heterocycles. The van der Waals surface area contributed by atoms with Gasteiger partial charge >= 0.3 is 0 Å². The summed E-state index contributed by atoms with van der Waals surface area (Å²) in [7, 11) is -3.65. The number of aliphatic hydroxyl groups is 1. The van der Waals surface area contributed by atoms with Crippen LogP contribution in [-0.2, 0) is 23.2 Å². The van der Waals surface area contributed by atoms with Gasteiger partial charge in [-0.15, -0.1) is 0 Å². The summed E-state index contributed by atoms with van der Waals surface area (Å²) in [5.74, 6) is 0. The van der Waals surface area contributed by atoms with E-state index in [4.69, 9.17) is 0 Å². The van der Waals surface area contributed by atoms with Crippen LogP contribution in [0, 0.1) is 6.92 Å². The number of hydrogen-bond donors (Lipinski definition) is 3. The van der Waals surface area contributed by atoms with Gasteiger partial charge in [0.15, 0.2) is 0 Å². The molecule has 0 saturated carbocycles. The van der Waals surface area contributed by atoms with E-state index in [-0.39, 0.29) is 18.0 Å². The van der Waals surface area contributed by atoms with Crippen molar-refractivity contribution in [1.29, 1.82) is 0 Å². The van der Waals surface area contributed by atoms with Crippen molar-refractivity contribution in [2.45, 2.75) is 25.0 Å². The van der Waals surface area contributed by atoms with E-state index in [1.807, 2.05) is 6.92 Å². The molecule has 0 atom stereocenters. The number of aliphatic hydroxyl groups excluding tert-OH is 1. The van der Waals surface area contributed by atoms with E-state index in [1.165, 1.54) is 6.07 Å². The standard InChI is InChI=1S/C12H15N3O3S/c1-9-11(6-13-15-9)7-14-19(17,18)12-5-3-2-4-10(12)8-16/h2-6,14,16H,7-8H2,1H3,(H,13,15). The number of sulfonamides is 1. The van der Waals surface area contributed by atoms with Gasteiger partial charge in [0.25, 0.3) is 0 Å². The second-order valence-electron chi connectivity index (χ2n) is 4.11. The summed E-state index contributed by atoms with van der Waals surface area (Å²) < 4.78 is 26.8. The van der Waals surface area contributed by atoms with Crippen LogP contribution in [0.15, 0.2) is 35.4 Å². The lowest BCUT2D eigenvalue weighted by Crippen LogP contribution is -2.24. The molecule has 102 valence electrons. The number of benzene rings is 1. The molecular weight excluding hydrogens is 266 g/mol. The molecular formula is C12H15N3O3S. The number of H-pyrrole nitrogens is 1. The number of aromatic amines is 1. The molecule has 0 aliphatic heterocycles. The molecule has 7 heteroatoms. The first-order valence-corrected chi connectivity index (χ1v) is 7.20. The van der Waals surface area contributed by atoms with Gasteiger partial charge < -0.3 is 5.11 Å². The molecule has 0 radical (unpaired) electrons. The maximum Gasteiger partial charge on any atom is 0.241 e. The average molecular weight is 281 g/mol. The third-order valence-corrected chi connectivity index (χ3v) is 4.32. The van der Waals surface area contributed by atoms with Gasteiger partial charge in [-0.1, -0.05) is 18.2 Å². The number of aromatic nitrogens is 2. The zero-order valence-corrected chi connectivity index (χ0v) is 11.2. The Hall–Kier alpha value is -1.70. The summed E-state index contributed by atoms with van der Waals surface area (Å²) in [6.07, 6.45) is 1.58. The van der Waals surface area contributed by atoms with E-state index >= 15 is 0 Å². The van der Waals surface area contributed by atoms with Gasteiger partial charge in [0, 0.05) is 17.8 Å². The first kappa shape index (κ1) is 13.7. The van der Waals surface area contributed by atoms with Gasteiger partial charge in [-0.2, -0.15) is 5.10 Å². The molecule has 1 aromatic carbocycles. The van der Waals surface area contributed by atoms with Crippen molar-refractivity contribution >= 4 is 10.0 Å². The molecule has 0 aliphatic rings. The Bertz CT molecular complexity index is 664. The number of rotatable bonds is 5. The normalized spacial score (nSPS) is 11.7. The van der Waals surface area contributed by atoms with E-state index in [0.29, 0.717) is 5.56 Å². The molecule has 0 spiro atoms. The Morgan fingerprint density at radius 2 is 2.05 bits per heavy atom. The molecule has 3 N–H and O–H groups in total. The molecule has 0 bridgehead atoms. The lowest BCUT2D eigenvalue weighted by molar-refractivity contribution is 0.278. The largest absolute Gasteiger partial charge is 0.392 e. The fraction of sp³-hybridized carbons (Fsp3) is 0.250. The minimum atomic E-state index is -3.65. The number of nitrogens with zero attached hydrogens (tertiary/aromatic N) is 1. The van der Waals surface area contributed by atoms with E-state index in [1.54, 1.807) is 24.4 Å². The van der Waals surface area contributed by atoms with Crippen LogP contribution in [0.25, 0.3) is 0 Å². The predicted octanol–water partition coefficient (Wildman–Crippen LogP) is 0.689. The van der Waals surface area contributed by atoms with E-state index in [9.17, 15) is 13.5 Å². The minimum Gasteiger partial charge on any atom is -0.392 e. The summed E-state index contributed by atoms with van der Waals surface area (Å²) in [5.41, 5.74) is 1.97. The molecule has 19 heavy (non-hydrogen) atoms. The van der Waals surface area contributed by atoms with Crippen LogP contribution in [0.3, 0.4) is 0 Å². The van der Waals surface area contributed by atoms with Crippen LogP contribution in [0.4, 0.5) is 0 Å². The second kappa shape index (κ2) is 5.52.